The maximum absolute atomic E-state index is 9.51. The normalized spacial score (nSPS) is 15.9. The highest BCUT2D eigenvalue weighted by Gasteiger charge is 2.51. The molecule has 152 valence electrons. The minimum atomic E-state index is -0.907. The lowest BCUT2D eigenvalue weighted by Gasteiger charge is -2.15. The predicted octanol–water partition coefficient (Wildman–Crippen LogP) is 3.82. The van der Waals surface area contributed by atoms with E-state index in [0.717, 1.165) is 35.1 Å². The largest absolute Gasteiger partial charge is 0.490 e. The zero-order valence-corrected chi connectivity index (χ0v) is 17.1. The third-order valence-electron chi connectivity index (χ3n) is 5.33. The van der Waals surface area contributed by atoms with Gasteiger partial charge in [0, 0.05) is 10.6 Å². The third kappa shape index (κ3) is 3.88. The van der Waals surface area contributed by atoms with Crippen LogP contribution in [0, 0.1) is 13.8 Å². The Labute approximate surface area is 174 Å². The number of nitrogens with zero attached hydrogens (tertiary/aromatic N) is 2. The first-order valence-electron chi connectivity index (χ1n) is 9.56. The third-order valence-corrected chi connectivity index (χ3v) is 5.58. The molecule has 1 aliphatic rings. The second-order valence-corrected chi connectivity index (χ2v) is 8.04. The first-order valence-corrected chi connectivity index (χ1v) is 9.94. The lowest BCUT2D eigenvalue weighted by Crippen LogP contribution is -2.21. The molecule has 4 rings (SSSR count). The summed E-state index contributed by atoms with van der Waals surface area (Å²) in [7, 11) is 0. The van der Waals surface area contributed by atoms with E-state index in [1.54, 1.807) is 0 Å². The van der Waals surface area contributed by atoms with Crippen LogP contribution in [-0.2, 0) is 5.41 Å². The number of aliphatic hydroxyl groups excluding tert-OH is 2. The van der Waals surface area contributed by atoms with Crippen LogP contribution in [0.3, 0.4) is 0 Å². The van der Waals surface area contributed by atoms with Gasteiger partial charge in [-0.05, 0) is 67.6 Å². The molecule has 1 aromatic heterocycles. The van der Waals surface area contributed by atoms with Gasteiger partial charge in [0.25, 0.3) is 0 Å². The molecular weight excluding hydrogens is 392 g/mol. The number of halogens is 1. The lowest BCUT2D eigenvalue weighted by atomic mass is 9.96. The molecular formula is C22H23ClN2O4. The van der Waals surface area contributed by atoms with Crippen molar-refractivity contribution in [2.45, 2.75) is 38.2 Å². The molecule has 0 bridgehead atoms. The Balaban J connectivity index is 1.59. The van der Waals surface area contributed by atoms with E-state index in [9.17, 15) is 5.11 Å². The van der Waals surface area contributed by atoms with Gasteiger partial charge < -0.3 is 19.5 Å². The topological polar surface area (TPSA) is 88.6 Å². The number of hydrogen-bond donors (Lipinski definition) is 2. The van der Waals surface area contributed by atoms with Crippen LogP contribution >= 0.6 is 11.6 Å². The summed E-state index contributed by atoms with van der Waals surface area (Å²) >= 11 is 6.01. The molecule has 1 heterocycles. The highest BCUT2D eigenvalue weighted by molar-refractivity contribution is 6.30. The van der Waals surface area contributed by atoms with Crippen molar-refractivity contribution in [2.24, 2.45) is 0 Å². The predicted molar refractivity (Wildman–Crippen MR) is 109 cm³/mol. The summed E-state index contributed by atoms with van der Waals surface area (Å²) in [5, 5.41) is 23.4. The Morgan fingerprint density at radius 2 is 1.83 bits per heavy atom. The number of ether oxygens (including phenoxy) is 1. The van der Waals surface area contributed by atoms with Crippen molar-refractivity contribution in [2.75, 3.05) is 13.2 Å². The van der Waals surface area contributed by atoms with E-state index < -0.39 is 6.10 Å². The fraction of sp³-hybridized carbons (Fsp3) is 0.364. The van der Waals surface area contributed by atoms with Crippen molar-refractivity contribution in [3.63, 3.8) is 0 Å². The minimum absolute atomic E-state index is 0.0352. The molecule has 0 aliphatic heterocycles. The fourth-order valence-electron chi connectivity index (χ4n) is 3.59. The Hall–Kier alpha value is -2.41. The summed E-state index contributed by atoms with van der Waals surface area (Å²) in [6, 6.07) is 11.7. The van der Waals surface area contributed by atoms with Crippen LogP contribution < -0.4 is 4.74 Å². The molecule has 0 spiro atoms. The fourth-order valence-corrected chi connectivity index (χ4v) is 3.72. The van der Waals surface area contributed by atoms with Crippen LogP contribution in [0.25, 0.3) is 11.4 Å². The van der Waals surface area contributed by atoms with E-state index in [2.05, 4.69) is 10.1 Å². The Bertz CT molecular complexity index is 989. The second kappa shape index (κ2) is 7.78. The number of hydrogen-bond acceptors (Lipinski definition) is 6. The van der Waals surface area contributed by atoms with E-state index in [0.29, 0.717) is 22.5 Å². The van der Waals surface area contributed by atoms with Gasteiger partial charge >= 0.3 is 0 Å². The highest BCUT2D eigenvalue weighted by Crippen LogP contribution is 2.53. The SMILES string of the molecule is Cc1cc(-c2noc(C3(c4ccc(Cl)cc4)CC3)n2)cc(C)c1OC[C@@H](O)CO. The van der Waals surface area contributed by atoms with Gasteiger partial charge in [-0.25, -0.2) is 0 Å². The number of aryl methyl sites for hydroxylation is 2. The smallest absolute Gasteiger partial charge is 0.237 e. The Morgan fingerprint density at radius 1 is 1.17 bits per heavy atom. The zero-order chi connectivity index (χ0) is 20.6. The van der Waals surface area contributed by atoms with Gasteiger partial charge in [-0.15, -0.1) is 0 Å². The molecule has 1 aliphatic carbocycles. The van der Waals surface area contributed by atoms with Crippen molar-refractivity contribution >= 4 is 11.6 Å². The van der Waals surface area contributed by atoms with Crippen LogP contribution in [0.2, 0.25) is 5.02 Å². The molecule has 3 aromatic rings. The Kier molecular flexibility index (Phi) is 5.34. The zero-order valence-electron chi connectivity index (χ0n) is 16.4. The summed E-state index contributed by atoms with van der Waals surface area (Å²) in [6.45, 7) is 3.55. The van der Waals surface area contributed by atoms with Crippen LogP contribution in [0.1, 0.15) is 35.4 Å². The molecule has 29 heavy (non-hydrogen) atoms. The first-order chi connectivity index (χ1) is 13.9. The summed E-state index contributed by atoms with van der Waals surface area (Å²) in [5.41, 5.74) is 3.56. The first kappa shape index (κ1) is 19.9. The van der Waals surface area contributed by atoms with Crippen LogP contribution in [0.4, 0.5) is 0 Å². The van der Waals surface area contributed by atoms with E-state index in [1.807, 2.05) is 50.2 Å². The molecule has 0 saturated heterocycles. The van der Waals surface area contributed by atoms with Crippen molar-refractivity contribution in [3.8, 4) is 17.1 Å². The van der Waals surface area contributed by atoms with Crippen molar-refractivity contribution in [1.82, 2.24) is 10.1 Å². The van der Waals surface area contributed by atoms with Gasteiger partial charge in [0.2, 0.25) is 11.7 Å². The molecule has 2 aromatic carbocycles. The highest BCUT2D eigenvalue weighted by atomic mass is 35.5. The molecule has 0 radical (unpaired) electrons. The quantitative estimate of drug-likeness (QED) is 0.611. The minimum Gasteiger partial charge on any atom is -0.490 e. The second-order valence-electron chi connectivity index (χ2n) is 7.60. The monoisotopic (exact) mass is 414 g/mol. The maximum Gasteiger partial charge on any atom is 0.237 e. The average Bonchev–Trinajstić information content (AvgIpc) is 3.36. The van der Waals surface area contributed by atoms with Gasteiger partial charge in [-0.2, -0.15) is 4.98 Å². The molecule has 1 saturated carbocycles. The van der Waals surface area contributed by atoms with Crippen molar-refractivity contribution < 1.29 is 19.5 Å². The van der Waals surface area contributed by atoms with E-state index in [-0.39, 0.29) is 18.6 Å². The molecule has 6 nitrogen and oxygen atoms in total. The molecule has 7 heteroatoms. The number of aromatic nitrogens is 2. The molecule has 0 unspecified atom stereocenters. The molecule has 1 atom stereocenters. The summed E-state index contributed by atoms with van der Waals surface area (Å²) in [6.07, 6.45) is 1.03. The number of aliphatic hydroxyl groups is 2. The van der Waals surface area contributed by atoms with Crippen LogP contribution in [-0.4, -0.2) is 39.7 Å². The van der Waals surface area contributed by atoms with Gasteiger partial charge in [-0.1, -0.05) is 28.9 Å². The maximum atomic E-state index is 9.51. The lowest BCUT2D eigenvalue weighted by molar-refractivity contribution is 0.0532. The molecule has 1 fully saturated rings. The molecule has 2 N–H and O–H groups in total. The average molecular weight is 415 g/mol. The summed E-state index contributed by atoms with van der Waals surface area (Å²) in [4.78, 5) is 4.69. The number of benzene rings is 2. The summed E-state index contributed by atoms with van der Waals surface area (Å²) < 4.78 is 11.3. The van der Waals surface area contributed by atoms with Gasteiger partial charge in [0.1, 0.15) is 18.5 Å². The van der Waals surface area contributed by atoms with Crippen molar-refractivity contribution in [1.29, 1.82) is 0 Å². The van der Waals surface area contributed by atoms with Crippen LogP contribution in [0.5, 0.6) is 5.75 Å². The van der Waals surface area contributed by atoms with Crippen molar-refractivity contribution in [3.05, 3.63) is 64.0 Å². The van der Waals surface area contributed by atoms with E-state index in [4.69, 9.17) is 26.0 Å². The van der Waals surface area contributed by atoms with Gasteiger partial charge in [-0.3, -0.25) is 0 Å². The number of rotatable bonds is 7. The van der Waals surface area contributed by atoms with E-state index >= 15 is 0 Å². The van der Waals surface area contributed by atoms with Gasteiger partial charge in [0.15, 0.2) is 0 Å². The summed E-state index contributed by atoms with van der Waals surface area (Å²) in [5.74, 6) is 1.84. The van der Waals surface area contributed by atoms with E-state index in [1.165, 1.54) is 0 Å². The molecule has 0 amide bonds. The Morgan fingerprint density at radius 3 is 2.41 bits per heavy atom. The van der Waals surface area contributed by atoms with Gasteiger partial charge in [0.05, 0.1) is 12.0 Å². The standard InChI is InChI=1S/C22H23ClN2O4/c1-13-9-15(10-14(2)19(13)28-12-18(27)11-26)20-24-21(29-25-20)22(7-8-22)16-3-5-17(23)6-4-16/h3-6,9-10,18,26-27H,7-8,11-12H2,1-2H3/t18-/m0/s1. The van der Waals surface area contributed by atoms with Crippen LogP contribution in [0.15, 0.2) is 40.9 Å².